The largest absolute Gasteiger partial charge is 0.370 e. The van der Waals surface area contributed by atoms with Crippen LogP contribution < -0.4 is 10.6 Å². The molecule has 0 spiro atoms. The highest BCUT2D eigenvalue weighted by atomic mass is 35.5. The molecule has 0 saturated carbocycles. The Kier molecular flexibility index (Phi) is 6.04. The highest BCUT2D eigenvalue weighted by Gasteiger charge is 2.03. The Morgan fingerprint density at radius 3 is 2.40 bits per heavy atom. The van der Waals surface area contributed by atoms with E-state index in [1.165, 1.54) is 6.33 Å². The van der Waals surface area contributed by atoms with Crippen LogP contribution in [-0.4, -0.2) is 21.5 Å². The summed E-state index contributed by atoms with van der Waals surface area (Å²) in [5.41, 5.74) is 2.18. The van der Waals surface area contributed by atoms with Crippen molar-refractivity contribution in [2.24, 2.45) is 0 Å². The molecule has 3 rings (SSSR count). The third-order valence-electron chi connectivity index (χ3n) is 3.61. The van der Waals surface area contributed by atoms with Crippen molar-refractivity contribution in [3.63, 3.8) is 0 Å². The topological polar surface area (TPSA) is 62.7 Å². The van der Waals surface area contributed by atoms with E-state index in [9.17, 15) is 0 Å². The second-order valence-electron chi connectivity index (χ2n) is 5.41. The van der Waals surface area contributed by atoms with Crippen LogP contribution in [-0.2, 0) is 13.0 Å². The fraction of sp³-hybridized carbons (Fsp3) is 0.167. The summed E-state index contributed by atoms with van der Waals surface area (Å²) in [6.45, 7) is 1.39. The zero-order chi connectivity index (χ0) is 17.5. The first-order valence-corrected chi connectivity index (χ1v) is 8.59. The molecule has 0 amide bonds. The lowest BCUT2D eigenvalue weighted by molar-refractivity contribution is 0.996. The Balaban J connectivity index is 1.53. The lowest BCUT2D eigenvalue weighted by Gasteiger charge is -2.09. The van der Waals surface area contributed by atoms with Gasteiger partial charge in [-0.25, -0.2) is 9.97 Å². The number of hydrogen-bond acceptors (Lipinski definition) is 5. The number of nitrogens with one attached hydrogen (secondary N) is 2. The molecule has 0 radical (unpaired) electrons. The van der Waals surface area contributed by atoms with Gasteiger partial charge in [0, 0.05) is 41.6 Å². The molecule has 2 N–H and O–H groups in total. The normalized spacial score (nSPS) is 10.5. The maximum Gasteiger partial charge on any atom is 0.131 e. The zero-order valence-corrected chi connectivity index (χ0v) is 14.9. The van der Waals surface area contributed by atoms with Crippen molar-refractivity contribution in [3.05, 3.63) is 76.3 Å². The second kappa shape index (κ2) is 8.65. The minimum atomic E-state index is 0.641. The van der Waals surface area contributed by atoms with Crippen LogP contribution in [0.2, 0.25) is 10.0 Å². The molecule has 2 heterocycles. The number of benzene rings is 1. The summed E-state index contributed by atoms with van der Waals surface area (Å²) in [5.74, 6) is 1.52. The van der Waals surface area contributed by atoms with Crippen LogP contribution in [0.5, 0.6) is 0 Å². The molecule has 0 atom stereocenters. The Bertz CT molecular complexity index is 827. The number of nitrogens with zero attached hydrogens (tertiary/aromatic N) is 3. The summed E-state index contributed by atoms with van der Waals surface area (Å²) in [7, 11) is 0. The summed E-state index contributed by atoms with van der Waals surface area (Å²) in [6, 6.07) is 11.3. The first-order valence-electron chi connectivity index (χ1n) is 7.83. The third kappa shape index (κ3) is 5.31. The van der Waals surface area contributed by atoms with Crippen molar-refractivity contribution in [2.75, 3.05) is 17.2 Å². The van der Waals surface area contributed by atoms with E-state index in [1.54, 1.807) is 18.5 Å². The maximum absolute atomic E-state index is 6.18. The van der Waals surface area contributed by atoms with Crippen molar-refractivity contribution in [3.8, 4) is 0 Å². The molecule has 0 unspecified atom stereocenters. The van der Waals surface area contributed by atoms with Gasteiger partial charge in [0.15, 0.2) is 0 Å². The van der Waals surface area contributed by atoms with Gasteiger partial charge in [-0.1, -0.05) is 29.3 Å². The van der Waals surface area contributed by atoms with Crippen molar-refractivity contribution >= 4 is 34.8 Å². The quantitative estimate of drug-likeness (QED) is 0.640. The number of halogens is 2. The van der Waals surface area contributed by atoms with Gasteiger partial charge in [0.2, 0.25) is 0 Å². The van der Waals surface area contributed by atoms with Gasteiger partial charge >= 0.3 is 0 Å². The molecule has 3 aromatic rings. The highest BCUT2D eigenvalue weighted by Crippen LogP contribution is 2.21. The van der Waals surface area contributed by atoms with Crippen LogP contribution in [0, 0.1) is 0 Å². The molecule has 0 aliphatic heterocycles. The van der Waals surface area contributed by atoms with Crippen LogP contribution in [0.1, 0.15) is 11.1 Å². The van der Waals surface area contributed by atoms with Crippen LogP contribution in [0.4, 0.5) is 11.6 Å². The van der Waals surface area contributed by atoms with E-state index < -0.39 is 0 Å². The summed E-state index contributed by atoms with van der Waals surface area (Å²) in [5, 5.41) is 7.87. The monoisotopic (exact) mass is 373 g/mol. The molecule has 0 saturated heterocycles. The van der Waals surface area contributed by atoms with E-state index in [-0.39, 0.29) is 0 Å². The molecular weight excluding hydrogens is 357 g/mol. The Labute approximate surface area is 156 Å². The molecule has 0 aliphatic rings. The highest BCUT2D eigenvalue weighted by molar-refractivity contribution is 6.35. The van der Waals surface area contributed by atoms with Gasteiger partial charge in [0.05, 0.1) is 0 Å². The summed E-state index contributed by atoms with van der Waals surface area (Å²) in [4.78, 5) is 12.5. The van der Waals surface area contributed by atoms with Crippen LogP contribution in [0.25, 0.3) is 0 Å². The molecule has 7 heteroatoms. The summed E-state index contributed by atoms with van der Waals surface area (Å²) >= 11 is 12.1. The van der Waals surface area contributed by atoms with Crippen molar-refractivity contribution < 1.29 is 0 Å². The van der Waals surface area contributed by atoms with Gasteiger partial charge < -0.3 is 10.6 Å². The average Bonchev–Trinajstić information content (AvgIpc) is 2.63. The third-order valence-corrected chi connectivity index (χ3v) is 4.19. The van der Waals surface area contributed by atoms with Crippen LogP contribution in [0.3, 0.4) is 0 Å². The number of hydrogen-bond donors (Lipinski definition) is 2. The predicted octanol–water partition coefficient (Wildman–Crippen LogP) is 4.45. The van der Waals surface area contributed by atoms with Crippen molar-refractivity contribution in [1.29, 1.82) is 0 Å². The molecule has 0 aliphatic carbocycles. The molecule has 1 aromatic carbocycles. The van der Waals surface area contributed by atoms with Gasteiger partial charge in [-0.05, 0) is 41.8 Å². The fourth-order valence-electron chi connectivity index (χ4n) is 2.29. The van der Waals surface area contributed by atoms with Gasteiger partial charge in [-0.2, -0.15) is 0 Å². The van der Waals surface area contributed by atoms with Gasteiger partial charge in [0.25, 0.3) is 0 Å². The minimum Gasteiger partial charge on any atom is -0.370 e. The summed E-state index contributed by atoms with van der Waals surface area (Å²) < 4.78 is 0. The van der Waals surface area contributed by atoms with E-state index in [0.717, 1.165) is 29.2 Å². The number of anilines is 2. The standard InChI is InChI=1S/C18H17Cl2N5/c19-15-2-1-14(16(20)9-15)5-8-22-17-10-18(25-12-24-17)23-11-13-3-6-21-7-4-13/h1-4,6-7,9-10,12H,5,8,11H2,(H2,22,23,24,25). The molecule has 2 aromatic heterocycles. The Morgan fingerprint density at radius 2 is 1.64 bits per heavy atom. The second-order valence-corrected chi connectivity index (χ2v) is 6.25. The lowest BCUT2D eigenvalue weighted by atomic mass is 10.1. The van der Waals surface area contributed by atoms with Gasteiger partial charge in [-0.15, -0.1) is 0 Å². The summed E-state index contributed by atoms with van der Waals surface area (Å²) in [6.07, 6.45) is 5.85. The van der Waals surface area contributed by atoms with E-state index in [1.807, 2.05) is 30.3 Å². The zero-order valence-electron chi connectivity index (χ0n) is 13.4. The lowest BCUT2D eigenvalue weighted by Crippen LogP contribution is -2.08. The first kappa shape index (κ1) is 17.5. The van der Waals surface area contributed by atoms with Crippen molar-refractivity contribution in [1.82, 2.24) is 15.0 Å². The molecule has 0 bridgehead atoms. The van der Waals surface area contributed by atoms with Crippen LogP contribution in [0.15, 0.2) is 55.1 Å². The molecule has 128 valence electrons. The van der Waals surface area contributed by atoms with Gasteiger partial charge in [-0.3, -0.25) is 4.98 Å². The van der Waals surface area contributed by atoms with Gasteiger partial charge in [0.1, 0.15) is 18.0 Å². The molecule has 25 heavy (non-hydrogen) atoms. The number of rotatable bonds is 7. The fourth-order valence-corrected chi connectivity index (χ4v) is 2.80. The van der Waals surface area contributed by atoms with E-state index >= 15 is 0 Å². The molecular formula is C18H17Cl2N5. The van der Waals surface area contributed by atoms with Crippen molar-refractivity contribution in [2.45, 2.75) is 13.0 Å². The molecule has 5 nitrogen and oxygen atoms in total. The Morgan fingerprint density at radius 1 is 0.880 bits per heavy atom. The van der Waals surface area contributed by atoms with E-state index in [4.69, 9.17) is 23.2 Å². The maximum atomic E-state index is 6.18. The number of pyridine rings is 1. The van der Waals surface area contributed by atoms with E-state index in [0.29, 0.717) is 23.1 Å². The average molecular weight is 374 g/mol. The Hall–Kier alpha value is -2.37. The molecule has 0 fully saturated rings. The number of aromatic nitrogens is 3. The van der Waals surface area contributed by atoms with Crippen LogP contribution >= 0.6 is 23.2 Å². The smallest absolute Gasteiger partial charge is 0.131 e. The minimum absolute atomic E-state index is 0.641. The SMILES string of the molecule is Clc1ccc(CCNc2cc(NCc3ccncc3)ncn2)c(Cl)c1. The first-order chi connectivity index (χ1) is 12.2. The van der Waals surface area contributed by atoms with E-state index in [2.05, 4.69) is 25.6 Å². The predicted molar refractivity (Wildman–Crippen MR) is 102 cm³/mol.